The normalized spacial score (nSPS) is 13.7. The summed E-state index contributed by atoms with van der Waals surface area (Å²) in [5, 5.41) is 3.33. The van der Waals surface area contributed by atoms with E-state index in [4.69, 9.17) is 23.7 Å². The molecule has 2 aromatic carbocycles. The molecule has 0 aliphatic heterocycles. The van der Waals surface area contributed by atoms with Crippen molar-refractivity contribution in [3.63, 3.8) is 0 Å². The first-order valence-corrected chi connectivity index (χ1v) is 20.3. The lowest BCUT2D eigenvalue weighted by molar-refractivity contribution is 0.0289. The van der Waals surface area contributed by atoms with Gasteiger partial charge < -0.3 is 29.0 Å². The second kappa shape index (κ2) is 28.3. The number of Topliss-reactive ketones (excluding diaryl/α,β-unsaturated/α-hetero) is 1. The molecule has 55 heavy (non-hydrogen) atoms. The number of allylic oxidation sites excluding steroid dienone is 12. The molecule has 0 heterocycles. The third-order valence-electron chi connectivity index (χ3n) is 8.76. The summed E-state index contributed by atoms with van der Waals surface area (Å²) in [6, 6.07) is 12.0. The highest BCUT2D eigenvalue weighted by molar-refractivity contribution is 8.03. The maximum atomic E-state index is 13.0. The van der Waals surface area contributed by atoms with Gasteiger partial charge in [0, 0.05) is 34.4 Å². The van der Waals surface area contributed by atoms with Crippen molar-refractivity contribution >= 4 is 23.1 Å². The Morgan fingerprint density at radius 2 is 1.51 bits per heavy atom. The van der Waals surface area contributed by atoms with Gasteiger partial charge >= 0.3 is 0 Å². The largest absolute Gasteiger partial charge is 0.497 e. The molecule has 0 aromatic heterocycles. The second-order valence-electron chi connectivity index (χ2n) is 12.8. The van der Waals surface area contributed by atoms with E-state index in [1.807, 2.05) is 71.0 Å². The highest BCUT2D eigenvalue weighted by atomic mass is 32.2. The van der Waals surface area contributed by atoms with Gasteiger partial charge in [-0.3, -0.25) is 4.79 Å². The van der Waals surface area contributed by atoms with Gasteiger partial charge in [-0.15, -0.1) is 0 Å². The molecule has 0 amide bonds. The van der Waals surface area contributed by atoms with Gasteiger partial charge in [0.05, 0.1) is 33.5 Å². The van der Waals surface area contributed by atoms with Crippen molar-refractivity contribution < 1.29 is 28.5 Å². The first kappa shape index (κ1) is 47.1. The first-order valence-electron chi connectivity index (χ1n) is 19.5. The lowest BCUT2D eigenvalue weighted by Crippen LogP contribution is -2.25. The van der Waals surface area contributed by atoms with Gasteiger partial charge in [-0.1, -0.05) is 87.2 Å². The molecule has 0 aliphatic rings. The Morgan fingerprint density at radius 3 is 2.20 bits per heavy atom. The van der Waals surface area contributed by atoms with E-state index in [1.165, 1.54) is 10.5 Å². The Labute approximate surface area is 336 Å². The van der Waals surface area contributed by atoms with E-state index in [-0.39, 0.29) is 11.7 Å². The molecule has 0 fully saturated rings. The minimum atomic E-state index is -0.0266. The van der Waals surface area contributed by atoms with E-state index < -0.39 is 0 Å². The van der Waals surface area contributed by atoms with Crippen molar-refractivity contribution in [1.82, 2.24) is 5.32 Å². The fourth-order valence-electron chi connectivity index (χ4n) is 5.07. The highest BCUT2D eigenvalue weighted by Gasteiger charge is 2.18. The number of aryl methyl sites for hydroxylation is 1. The van der Waals surface area contributed by atoms with E-state index in [9.17, 15) is 4.79 Å². The predicted octanol–water partition coefficient (Wildman–Crippen LogP) is 11.3. The van der Waals surface area contributed by atoms with E-state index in [0.717, 1.165) is 51.5 Å². The van der Waals surface area contributed by atoms with Crippen molar-refractivity contribution in [2.45, 2.75) is 73.1 Å². The van der Waals surface area contributed by atoms with Gasteiger partial charge in [-0.2, -0.15) is 0 Å². The van der Waals surface area contributed by atoms with Crippen molar-refractivity contribution in [3.05, 3.63) is 130 Å². The molecule has 7 nitrogen and oxygen atoms in total. The number of carbonyl (C=O) groups excluding carboxylic acids is 1. The number of carbonyl (C=O) groups is 1. The van der Waals surface area contributed by atoms with Gasteiger partial charge in [0.2, 0.25) is 0 Å². The zero-order valence-corrected chi connectivity index (χ0v) is 35.6. The zero-order valence-electron chi connectivity index (χ0n) is 34.7. The Kier molecular flexibility index (Phi) is 24.3. The maximum Gasteiger partial charge on any atom is 0.166 e. The molecule has 0 radical (unpaired) electrons. The van der Waals surface area contributed by atoms with E-state index in [0.29, 0.717) is 58.5 Å². The first-order chi connectivity index (χ1) is 26.7. The number of rotatable bonds is 27. The number of methoxy groups -OCH3 is 1. The fraction of sp³-hybridized carbons (Fsp3) is 0.426. The molecule has 0 aliphatic carbocycles. The molecule has 1 unspecified atom stereocenters. The van der Waals surface area contributed by atoms with Gasteiger partial charge in [-0.25, -0.2) is 0 Å². The van der Waals surface area contributed by atoms with Crippen LogP contribution in [-0.4, -0.2) is 65.6 Å². The number of hydrogen-bond donors (Lipinski definition) is 1. The molecule has 0 spiro atoms. The summed E-state index contributed by atoms with van der Waals surface area (Å²) in [7, 11) is 1.69. The molecule has 2 rings (SSSR count). The van der Waals surface area contributed by atoms with Crippen LogP contribution in [0.2, 0.25) is 0 Å². The van der Waals surface area contributed by atoms with Crippen LogP contribution in [0.1, 0.15) is 82.8 Å². The van der Waals surface area contributed by atoms with Crippen LogP contribution in [0.15, 0.2) is 118 Å². The SMILES string of the molecule is CC=C(C)c1ccc(OCCNCCOCCOCCOC(/C=C\C(=C/C)\C=C\C=C\C(=C\C)Sc2cc(OC)ccc2C)=C/CC)cc1C(=O)C(C)CC. The lowest BCUT2D eigenvalue weighted by Gasteiger charge is -2.15. The second-order valence-corrected chi connectivity index (χ2v) is 13.9. The van der Waals surface area contributed by atoms with Gasteiger partial charge in [0.1, 0.15) is 30.5 Å². The van der Waals surface area contributed by atoms with Crippen LogP contribution in [0, 0.1) is 12.8 Å². The summed E-state index contributed by atoms with van der Waals surface area (Å²) in [6.45, 7) is 20.7. The minimum absolute atomic E-state index is 0.0266. The van der Waals surface area contributed by atoms with E-state index in [2.05, 4.69) is 86.8 Å². The lowest BCUT2D eigenvalue weighted by atomic mass is 9.90. The van der Waals surface area contributed by atoms with Gasteiger partial charge in [0.25, 0.3) is 0 Å². The molecule has 1 N–H and O–H groups in total. The zero-order chi connectivity index (χ0) is 40.3. The van der Waals surface area contributed by atoms with Gasteiger partial charge in [0.15, 0.2) is 5.78 Å². The summed E-state index contributed by atoms with van der Waals surface area (Å²) < 4.78 is 28.8. The molecule has 0 bridgehead atoms. The number of benzene rings is 2. The Balaban J connectivity index is 1.64. The number of ether oxygens (including phenoxy) is 5. The van der Waals surface area contributed by atoms with E-state index in [1.54, 1.807) is 18.9 Å². The molecule has 0 saturated heterocycles. The van der Waals surface area contributed by atoms with Crippen LogP contribution < -0.4 is 14.8 Å². The average molecular weight is 772 g/mol. The third kappa shape index (κ3) is 18.4. The van der Waals surface area contributed by atoms with Gasteiger partial charge in [-0.05, 0) is 112 Å². The van der Waals surface area contributed by atoms with Crippen LogP contribution in [0.5, 0.6) is 11.5 Å². The van der Waals surface area contributed by atoms with Crippen LogP contribution in [0.3, 0.4) is 0 Å². The smallest absolute Gasteiger partial charge is 0.166 e. The Bertz CT molecular complexity index is 1670. The quantitative estimate of drug-likeness (QED) is 0.0316. The topological polar surface area (TPSA) is 75.2 Å². The summed E-state index contributed by atoms with van der Waals surface area (Å²) >= 11 is 1.73. The van der Waals surface area contributed by atoms with Crippen LogP contribution in [-0.2, 0) is 14.2 Å². The maximum absolute atomic E-state index is 13.0. The molecule has 300 valence electrons. The van der Waals surface area contributed by atoms with Crippen molar-refractivity contribution in [1.29, 1.82) is 0 Å². The monoisotopic (exact) mass is 771 g/mol. The van der Waals surface area contributed by atoms with Crippen LogP contribution in [0.25, 0.3) is 5.57 Å². The molecule has 0 saturated carbocycles. The standard InChI is InChI=1S/C47H65NO6S/c1-10-17-40(23-21-39(13-4)18-15-16-19-43(14-5)55-46-35-41(50-9)22-20-38(46)8)54-33-32-52-31-30-51-28-26-48-27-29-53-42-24-25-44(36(6)11-2)45(34-42)47(49)37(7)12-3/h11,13-25,34-35,37,48H,10,12,26-33H2,1-9H3/b18-15+,19-16+,23-21-,36-11?,39-13-,40-17+,43-14-. The number of thioether (sulfide) groups is 1. The average Bonchev–Trinajstić information content (AvgIpc) is 3.21. The van der Waals surface area contributed by atoms with Crippen molar-refractivity contribution in [2.75, 3.05) is 59.8 Å². The summed E-state index contributed by atoms with van der Waals surface area (Å²) in [6.07, 6.45) is 22.3. The predicted molar refractivity (Wildman–Crippen MR) is 232 cm³/mol. The number of nitrogens with one attached hydrogen (secondary N) is 1. The van der Waals surface area contributed by atoms with E-state index >= 15 is 0 Å². The van der Waals surface area contributed by atoms with Crippen LogP contribution in [0.4, 0.5) is 0 Å². The molecule has 8 heteroatoms. The summed E-state index contributed by atoms with van der Waals surface area (Å²) in [5.74, 6) is 2.52. The molecule has 1 atom stereocenters. The number of ketones is 1. The van der Waals surface area contributed by atoms with Crippen molar-refractivity contribution in [2.24, 2.45) is 5.92 Å². The fourth-order valence-corrected chi connectivity index (χ4v) is 5.99. The van der Waals surface area contributed by atoms with Crippen LogP contribution >= 0.6 is 11.8 Å². The Morgan fingerprint density at radius 1 is 0.800 bits per heavy atom. The molecule has 2 aromatic rings. The Hall–Kier alpha value is -4.08. The van der Waals surface area contributed by atoms with Crippen molar-refractivity contribution in [3.8, 4) is 11.5 Å². The summed E-state index contributed by atoms with van der Waals surface area (Å²) in [4.78, 5) is 15.4. The third-order valence-corrected chi connectivity index (χ3v) is 10.0. The minimum Gasteiger partial charge on any atom is -0.497 e. The molecular formula is C47H65NO6S. The number of hydrogen-bond acceptors (Lipinski definition) is 8. The molecular weight excluding hydrogens is 707 g/mol. The highest BCUT2D eigenvalue weighted by Crippen LogP contribution is 2.33. The summed E-state index contributed by atoms with van der Waals surface area (Å²) in [5.41, 5.74) is 5.09.